The highest BCUT2D eigenvalue weighted by Gasteiger charge is 2.19. The van der Waals surface area contributed by atoms with E-state index in [1.807, 2.05) is 13.0 Å². The van der Waals surface area contributed by atoms with Gasteiger partial charge >= 0.3 is 0 Å². The lowest BCUT2D eigenvalue weighted by Gasteiger charge is -2.12. The van der Waals surface area contributed by atoms with Crippen molar-refractivity contribution < 1.29 is 0 Å². The van der Waals surface area contributed by atoms with Crippen LogP contribution in [0, 0.1) is 18.3 Å². The van der Waals surface area contributed by atoms with Gasteiger partial charge in [0.25, 0.3) is 0 Å². The molecule has 0 saturated carbocycles. The first-order valence-electron chi connectivity index (χ1n) is 6.33. The summed E-state index contributed by atoms with van der Waals surface area (Å²) in [4.78, 5) is 4.51. The Morgan fingerprint density at radius 3 is 2.76 bits per heavy atom. The first-order chi connectivity index (χ1) is 10.1. The molecule has 0 aliphatic rings. The van der Waals surface area contributed by atoms with Crippen molar-refractivity contribution in [1.82, 2.24) is 9.38 Å². The number of nitriles is 1. The lowest BCUT2D eigenvalue weighted by molar-refractivity contribution is 1.05. The van der Waals surface area contributed by atoms with Gasteiger partial charge < -0.3 is 0 Å². The van der Waals surface area contributed by atoms with Gasteiger partial charge in [0.1, 0.15) is 11.2 Å². The Morgan fingerprint density at radius 2 is 2.10 bits per heavy atom. The fourth-order valence-electron chi connectivity index (χ4n) is 2.54. The number of imidazole rings is 1. The number of fused-ring (bicyclic) bond motifs is 3. The molecule has 0 aliphatic carbocycles. The highest BCUT2D eigenvalue weighted by atomic mass is 35.5. The minimum absolute atomic E-state index is 0.435. The number of hydrogen-bond acceptors (Lipinski definition) is 2. The van der Waals surface area contributed by atoms with Crippen LogP contribution in [0.3, 0.4) is 0 Å². The molecule has 0 saturated heterocycles. The molecule has 106 valence electrons. The van der Waals surface area contributed by atoms with Crippen LogP contribution in [0.1, 0.15) is 16.7 Å². The summed E-state index contributed by atoms with van der Waals surface area (Å²) in [5.74, 6) is 0.435. The quantitative estimate of drug-likeness (QED) is 0.499. The smallest absolute Gasteiger partial charge is 0.157 e. The Hall–Kier alpha value is -1.47. The molecule has 0 spiro atoms. The third-order valence-electron chi connectivity index (χ3n) is 3.57. The molecule has 6 heteroatoms. The van der Waals surface area contributed by atoms with E-state index in [1.54, 1.807) is 16.5 Å². The van der Waals surface area contributed by atoms with Crippen LogP contribution in [0.5, 0.6) is 0 Å². The van der Waals surface area contributed by atoms with Gasteiger partial charge in [0.2, 0.25) is 0 Å². The predicted octanol–water partition coefficient (Wildman–Crippen LogP) is 4.76. The Kier molecular flexibility index (Phi) is 3.71. The highest BCUT2D eigenvalue weighted by molar-refractivity contribution is 6.32. The van der Waals surface area contributed by atoms with Crippen molar-refractivity contribution in [1.29, 1.82) is 5.26 Å². The van der Waals surface area contributed by atoms with Crippen molar-refractivity contribution in [3.63, 3.8) is 0 Å². The van der Waals surface area contributed by atoms with Crippen molar-refractivity contribution in [3.05, 3.63) is 45.1 Å². The molecule has 3 aromatic rings. The Balaban J connectivity index is 2.56. The molecule has 2 aromatic heterocycles. The molecule has 0 bridgehead atoms. The summed E-state index contributed by atoms with van der Waals surface area (Å²) in [5, 5.41) is 10.6. The van der Waals surface area contributed by atoms with E-state index >= 15 is 0 Å². The van der Waals surface area contributed by atoms with Crippen LogP contribution in [-0.4, -0.2) is 15.3 Å². The summed E-state index contributed by atoms with van der Waals surface area (Å²) >= 11 is 18.5. The number of alkyl halides is 1. The highest BCUT2D eigenvalue weighted by Crippen LogP contribution is 2.31. The maximum Gasteiger partial charge on any atom is 0.157 e. The van der Waals surface area contributed by atoms with Crippen molar-refractivity contribution in [3.8, 4) is 6.07 Å². The van der Waals surface area contributed by atoms with Crippen LogP contribution in [-0.2, 0) is 6.42 Å². The number of benzene rings is 1. The lowest BCUT2D eigenvalue weighted by Crippen LogP contribution is -2.03. The van der Waals surface area contributed by atoms with E-state index in [-0.39, 0.29) is 0 Å². The summed E-state index contributed by atoms with van der Waals surface area (Å²) in [6.07, 6.45) is 0.594. The number of halogens is 3. The molecule has 3 nitrogen and oxygen atoms in total. The van der Waals surface area contributed by atoms with Crippen molar-refractivity contribution >= 4 is 51.5 Å². The summed E-state index contributed by atoms with van der Waals surface area (Å²) in [7, 11) is 0. The third-order valence-corrected chi connectivity index (χ3v) is 4.39. The topological polar surface area (TPSA) is 41.1 Å². The van der Waals surface area contributed by atoms with Crippen LogP contribution in [0.4, 0.5) is 0 Å². The Morgan fingerprint density at radius 1 is 1.33 bits per heavy atom. The fourth-order valence-corrected chi connectivity index (χ4v) is 3.30. The second kappa shape index (κ2) is 5.38. The standard InChI is InChI=1S/C15H10Cl3N3/c1-8-10(4-5-16)14(18)21-13-6-9(17)2-3-12(13)20-15(21)11(8)7-19/h2-3,6H,4-5H2,1H3. The van der Waals surface area contributed by atoms with Gasteiger partial charge in [0, 0.05) is 10.9 Å². The monoisotopic (exact) mass is 337 g/mol. The fraction of sp³-hybridized carbons (Fsp3) is 0.200. The minimum Gasteiger partial charge on any atom is -0.281 e. The average molecular weight is 339 g/mol. The summed E-state index contributed by atoms with van der Waals surface area (Å²) < 4.78 is 1.77. The van der Waals surface area contributed by atoms with Crippen LogP contribution in [0.2, 0.25) is 10.2 Å². The number of pyridine rings is 1. The molecule has 0 aliphatic heterocycles. The number of rotatable bonds is 2. The minimum atomic E-state index is 0.435. The molecular formula is C15H10Cl3N3. The molecule has 0 radical (unpaired) electrons. The van der Waals surface area contributed by atoms with Gasteiger partial charge in [-0.05, 0) is 42.7 Å². The van der Waals surface area contributed by atoms with Gasteiger partial charge in [-0.3, -0.25) is 4.40 Å². The lowest BCUT2D eigenvalue weighted by atomic mass is 10.0. The molecule has 0 atom stereocenters. The molecule has 1 aromatic carbocycles. The third kappa shape index (κ3) is 2.15. The SMILES string of the molecule is Cc1c(CCCl)c(Cl)n2c(nc3ccc(Cl)cc32)c1C#N. The second-order valence-electron chi connectivity index (χ2n) is 4.72. The van der Waals surface area contributed by atoms with Crippen LogP contribution in [0.25, 0.3) is 16.7 Å². The van der Waals surface area contributed by atoms with Gasteiger partial charge in [-0.25, -0.2) is 4.98 Å². The molecule has 0 fully saturated rings. The summed E-state index contributed by atoms with van der Waals surface area (Å²) in [6, 6.07) is 7.60. The van der Waals surface area contributed by atoms with Crippen LogP contribution in [0.15, 0.2) is 18.2 Å². The molecule has 3 rings (SSSR count). The molecule has 0 unspecified atom stereocenters. The first kappa shape index (κ1) is 14.5. The van der Waals surface area contributed by atoms with Gasteiger partial charge in [-0.1, -0.05) is 23.2 Å². The molecule has 0 N–H and O–H groups in total. The normalized spacial score (nSPS) is 11.2. The number of hydrogen-bond donors (Lipinski definition) is 0. The van der Waals surface area contributed by atoms with E-state index < -0.39 is 0 Å². The summed E-state index contributed by atoms with van der Waals surface area (Å²) in [5.41, 5.74) is 4.31. The maximum atomic E-state index is 9.47. The molecule has 2 heterocycles. The second-order valence-corrected chi connectivity index (χ2v) is 5.90. The zero-order valence-corrected chi connectivity index (χ0v) is 13.4. The predicted molar refractivity (Wildman–Crippen MR) is 86.6 cm³/mol. The van der Waals surface area contributed by atoms with Gasteiger partial charge in [0.15, 0.2) is 5.65 Å². The van der Waals surface area contributed by atoms with Crippen molar-refractivity contribution in [2.75, 3.05) is 5.88 Å². The van der Waals surface area contributed by atoms with Gasteiger partial charge in [-0.15, -0.1) is 11.6 Å². The number of aromatic nitrogens is 2. The molecule has 0 amide bonds. The van der Waals surface area contributed by atoms with E-state index in [4.69, 9.17) is 34.8 Å². The van der Waals surface area contributed by atoms with Crippen molar-refractivity contribution in [2.24, 2.45) is 0 Å². The van der Waals surface area contributed by atoms with Crippen LogP contribution >= 0.6 is 34.8 Å². The van der Waals surface area contributed by atoms with Gasteiger partial charge in [0.05, 0.1) is 16.6 Å². The van der Waals surface area contributed by atoms with E-state index in [2.05, 4.69) is 11.1 Å². The van der Waals surface area contributed by atoms with Crippen molar-refractivity contribution in [2.45, 2.75) is 13.3 Å². The molecule has 21 heavy (non-hydrogen) atoms. The van der Waals surface area contributed by atoms with Crippen LogP contribution < -0.4 is 0 Å². The molecular weight excluding hydrogens is 329 g/mol. The largest absolute Gasteiger partial charge is 0.281 e. The number of nitrogens with zero attached hydrogens (tertiary/aromatic N) is 3. The van der Waals surface area contributed by atoms with E-state index in [0.717, 1.165) is 22.2 Å². The Labute approximate surface area is 136 Å². The zero-order valence-electron chi connectivity index (χ0n) is 11.1. The van der Waals surface area contributed by atoms with E-state index in [0.29, 0.717) is 33.7 Å². The Bertz CT molecular complexity index is 906. The zero-order chi connectivity index (χ0) is 15.1. The first-order valence-corrected chi connectivity index (χ1v) is 7.62. The van der Waals surface area contributed by atoms with Gasteiger partial charge in [-0.2, -0.15) is 5.26 Å². The van der Waals surface area contributed by atoms with E-state index in [9.17, 15) is 5.26 Å². The average Bonchev–Trinajstić information content (AvgIpc) is 2.82. The maximum absolute atomic E-state index is 9.47. The van der Waals surface area contributed by atoms with E-state index in [1.165, 1.54) is 0 Å². The summed E-state index contributed by atoms with van der Waals surface area (Å²) in [6.45, 7) is 1.87.